The van der Waals surface area contributed by atoms with Gasteiger partial charge >= 0.3 is 5.97 Å². The summed E-state index contributed by atoms with van der Waals surface area (Å²) in [7, 11) is 0. The first-order valence-electron chi connectivity index (χ1n) is 19.4. The van der Waals surface area contributed by atoms with E-state index in [0.29, 0.717) is 36.3 Å². The second kappa shape index (κ2) is 15.3. The van der Waals surface area contributed by atoms with E-state index in [1.807, 2.05) is 0 Å². The smallest absolute Gasteiger partial charge is 0.313 e. The van der Waals surface area contributed by atoms with E-state index in [0.717, 1.165) is 25.2 Å². The van der Waals surface area contributed by atoms with Crippen LogP contribution in [0.15, 0.2) is 9.98 Å². The Morgan fingerprint density at radius 3 is 2.29 bits per heavy atom. The average Bonchev–Trinajstić information content (AvgIpc) is 3.61. The van der Waals surface area contributed by atoms with Crippen LogP contribution in [0.1, 0.15) is 156 Å². The fourth-order valence-corrected chi connectivity index (χ4v) is 9.74. The molecule has 0 aromatic heterocycles. The Balaban J connectivity index is 0.903. The zero-order valence-corrected chi connectivity index (χ0v) is 29.0. The molecule has 0 bridgehead atoms. The van der Waals surface area contributed by atoms with E-state index in [9.17, 15) is 4.79 Å². The predicted octanol–water partition coefficient (Wildman–Crippen LogP) is 6.92. The minimum absolute atomic E-state index is 0.0275. The lowest BCUT2D eigenvalue weighted by Crippen LogP contribution is -2.63. The lowest BCUT2D eigenvalue weighted by atomic mass is 9.89. The van der Waals surface area contributed by atoms with Crippen LogP contribution >= 0.6 is 0 Å². The molecule has 0 saturated carbocycles. The van der Waals surface area contributed by atoms with Gasteiger partial charge in [-0.15, -0.1) is 0 Å². The van der Waals surface area contributed by atoms with Crippen LogP contribution in [0.5, 0.6) is 0 Å². The molecule has 6 rings (SSSR count). The molecule has 7 unspecified atom stereocenters. The summed E-state index contributed by atoms with van der Waals surface area (Å²) in [6.45, 7) is 8.79. The first-order valence-corrected chi connectivity index (χ1v) is 19.4. The van der Waals surface area contributed by atoms with E-state index >= 15 is 0 Å². The summed E-state index contributed by atoms with van der Waals surface area (Å²) >= 11 is 0. The van der Waals surface area contributed by atoms with Crippen LogP contribution in [0.4, 0.5) is 0 Å². The van der Waals surface area contributed by atoms with Gasteiger partial charge < -0.3 is 25.2 Å². The summed E-state index contributed by atoms with van der Waals surface area (Å²) in [6.07, 6.45) is 24.9. The molecule has 0 aliphatic carbocycles. The number of carbonyl (C=O) groups excluding carboxylic acids is 1. The molecule has 45 heavy (non-hydrogen) atoms. The van der Waals surface area contributed by atoms with Crippen LogP contribution < -0.4 is 10.6 Å². The van der Waals surface area contributed by atoms with Crippen molar-refractivity contribution < 1.29 is 9.53 Å². The summed E-state index contributed by atoms with van der Waals surface area (Å²) in [5.41, 5.74) is 0. The normalized spacial score (nSPS) is 35.5. The van der Waals surface area contributed by atoms with Crippen molar-refractivity contribution in [1.29, 1.82) is 0 Å². The number of unbranched alkanes of at least 4 members (excludes halogenated alkanes) is 8. The predicted molar refractivity (Wildman–Crippen MR) is 184 cm³/mol. The van der Waals surface area contributed by atoms with Crippen molar-refractivity contribution in [2.24, 2.45) is 15.9 Å². The zero-order valence-electron chi connectivity index (χ0n) is 29.0. The molecule has 6 heterocycles. The van der Waals surface area contributed by atoms with Crippen molar-refractivity contribution in [3.05, 3.63) is 0 Å². The highest BCUT2D eigenvalue weighted by atomic mass is 16.5. The Bertz CT molecular complexity index is 1050. The van der Waals surface area contributed by atoms with Crippen LogP contribution in [0, 0.1) is 5.92 Å². The molecule has 2 N–H and O–H groups in total. The molecule has 8 heteroatoms. The molecule has 8 nitrogen and oxygen atoms in total. The van der Waals surface area contributed by atoms with Gasteiger partial charge in [-0.25, -0.2) is 9.98 Å². The molecular weight excluding hydrogens is 560 g/mol. The molecule has 6 aliphatic rings. The second-order valence-corrected chi connectivity index (χ2v) is 15.7. The van der Waals surface area contributed by atoms with Crippen molar-refractivity contribution in [1.82, 2.24) is 20.4 Å². The van der Waals surface area contributed by atoms with Gasteiger partial charge in [0.2, 0.25) is 0 Å². The Morgan fingerprint density at radius 2 is 1.47 bits per heavy atom. The number of carbonyl (C=O) groups is 1. The van der Waals surface area contributed by atoms with Gasteiger partial charge in [-0.1, -0.05) is 64.7 Å². The Kier molecular flexibility index (Phi) is 11.2. The van der Waals surface area contributed by atoms with Gasteiger partial charge in [0, 0.05) is 36.3 Å². The minimum atomic E-state index is -0.154. The van der Waals surface area contributed by atoms with Gasteiger partial charge in [0.1, 0.15) is 0 Å². The van der Waals surface area contributed by atoms with Gasteiger partial charge in [-0.3, -0.25) is 4.79 Å². The molecule has 0 amide bonds. The third-order valence-corrected chi connectivity index (χ3v) is 12.0. The SMILES string of the molecule is CCCCCCCCCC1CC2CCC3C(C(=O)OC(C)CCCCC[C@H]4CC5CCC6C[C@@H](C)NC(=N4)N56)[C@@H](C)N=C(N1)N23. The number of rotatable bonds is 16. The Hall–Kier alpha value is -1.99. The van der Waals surface area contributed by atoms with Crippen molar-refractivity contribution in [3.63, 3.8) is 0 Å². The van der Waals surface area contributed by atoms with E-state index in [1.165, 1.54) is 115 Å². The number of nitrogens with zero attached hydrogens (tertiary/aromatic N) is 4. The second-order valence-electron chi connectivity index (χ2n) is 15.7. The molecule has 6 aliphatic heterocycles. The maximum Gasteiger partial charge on any atom is 0.313 e. The van der Waals surface area contributed by atoms with E-state index < -0.39 is 0 Å². The Labute approximate surface area is 274 Å². The maximum absolute atomic E-state index is 13.5. The number of aliphatic imine (C=N–C) groups is 2. The molecule has 0 aromatic rings. The van der Waals surface area contributed by atoms with E-state index in [-0.39, 0.29) is 30.1 Å². The number of guanidine groups is 2. The fourth-order valence-electron chi connectivity index (χ4n) is 9.74. The number of nitrogens with one attached hydrogen (secondary N) is 2. The van der Waals surface area contributed by atoms with Crippen molar-refractivity contribution in [2.75, 3.05) is 0 Å². The highest BCUT2D eigenvalue weighted by molar-refractivity contribution is 5.86. The van der Waals surface area contributed by atoms with E-state index in [1.54, 1.807) is 0 Å². The van der Waals surface area contributed by atoms with Gasteiger partial charge in [0.25, 0.3) is 0 Å². The molecule has 0 spiro atoms. The third kappa shape index (κ3) is 7.77. The summed E-state index contributed by atoms with van der Waals surface area (Å²) in [4.78, 5) is 28.8. The summed E-state index contributed by atoms with van der Waals surface area (Å²) in [5.74, 6) is 2.06. The number of hydrogen-bond donors (Lipinski definition) is 2. The van der Waals surface area contributed by atoms with Gasteiger partial charge in [0.15, 0.2) is 11.9 Å². The summed E-state index contributed by atoms with van der Waals surface area (Å²) < 4.78 is 6.12. The third-order valence-electron chi connectivity index (χ3n) is 12.0. The Morgan fingerprint density at radius 1 is 0.800 bits per heavy atom. The molecule has 0 radical (unpaired) electrons. The molecule has 4 saturated heterocycles. The van der Waals surface area contributed by atoms with Crippen molar-refractivity contribution in [2.45, 2.75) is 211 Å². The number of ether oxygens (including phenoxy) is 1. The van der Waals surface area contributed by atoms with Crippen LogP contribution in [-0.4, -0.2) is 82.1 Å². The average molecular weight is 625 g/mol. The maximum atomic E-state index is 13.5. The van der Waals surface area contributed by atoms with Gasteiger partial charge in [0.05, 0.1) is 24.1 Å². The number of hydrogen-bond acceptors (Lipinski definition) is 8. The standard InChI is InChI=1S/C37H64N6O2/c1-5-6-7-8-9-10-13-16-29-24-32-20-21-33-34(27(4)39-37(41-29)43(32)33)35(44)45-26(3)15-12-11-14-17-28-23-31-19-18-30-22-25(2)38-36(40-28)42(30)31/h25-34H,5-24H2,1-4H3,(H,38,40)(H,39,41)/t25-,26?,27-,28+,29?,30?,31?,32?,33?,34?/m1/s1. The molecule has 4 fully saturated rings. The molecule has 10 atom stereocenters. The van der Waals surface area contributed by atoms with Gasteiger partial charge in [-0.2, -0.15) is 0 Å². The molecule has 254 valence electrons. The van der Waals surface area contributed by atoms with E-state index in [4.69, 9.17) is 14.7 Å². The van der Waals surface area contributed by atoms with Crippen LogP contribution in [0.25, 0.3) is 0 Å². The highest BCUT2D eigenvalue weighted by Crippen LogP contribution is 2.40. The lowest BCUT2D eigenvalue weighted by Gasteiger charge is -2.47. The quantitative estimate of drug-likeness (QED) is 0.143. The van der Waals surface area contributed by atoms with Crippen molar-refractivity contribution in [3.8, 4) is 0 Å². The largest absolute Gasteiger partial charge is 0.462 e. The first-order chi connectivity index (χ1) is 21.9. The molecular formula is C37H64N6O2. The fraction of sp³-hybridized carbons (Fsp3) is 0.919. The van der Waals surface area contributed by atoms with E-state index in [2.05, 4.69) is 48.1 Å². The summed E-state index contributed by atoms with van der Waals surface area (Å²) in [5, 5.41) is 7.46. The van der Waals surface area contributed by atoms with Gasteiger partial charge in [-0.05, 0) is 91.4 Å². The van der Waals surface area contributed by atoms with Crippen molar-refractivity contribution >= 4 is 17.9 Å². The zero-order chi connectivity index (χ0) is 31.3. The number of esters is 1. The lowest BCUT2D eigenvalue weighted by molar-refractivity contribution is -0.156. The monoisotopic (exact) mass is 625 g/mol. The first kappa shape index (κ1) is 32.9. The highest BCUT2D eigenvalue weighted by Gasteiger charge is 2.51. The van der Waals surface area contributed by atoms with Crippen LogP contribution in [0.3, 0.4) is 0 Å². The minimum Gasteiger partial charge on any atom is -0.462 e. The van der Waals surface area contributed by atoms with Crippen LogP contribution in [-0.2, 0) is 9.53 Å². The summed E-state index contributed by atoms with van der Waals surface area (Å²) in [6, 6.07) is 3.66. The topological polar surface area (TPSA) is 81.6 Å². The molecule has 0 aromatic carbocycles. The van der Waals surface area contributed by atoms with Crippen LogP contribution in [0.2, 0.25) is 0 Å².